The van der Waals surface area contributed by atoms with Crippen LogP contribution in [0, 0.1) is 26.6 Å². The number of aryl methyl sites for hydroxylation is 3. The summed E-state index contributed by atoms with van der Waals surface area (Å²) in [6.07, 6.45) is 2.60. The molecule has 2 aliphatic heterocycles. The van der Waals surface area contributed by atoms with E-state index in [4.69, 9.17) is 5.10 Å². The molecule has 2 N–H and O–H groups in total. The van der Waals surface area contributed by atoms with Crippen LogP contribution in [0.15, 0.2) is 54.9 Å². The Morgan fingerprint density at radius 1 is 1.05 bits per heavy atom. The molecular weight excluding hydrogens is 496 g/mol. The van der Waals surface area contributed by atoms with Gasteiger partial charge in [-0.2, -0.15) is 23.4 Å². The van der Waals surface area contributed by atoms with Crippen molar-refractivity contribution >= 4 is 10.9 Å². The number of aromatic nitrogens is 4. The van der Waals surface area contributed by atoms with Gasteiger partial charge < -0.3 is 5.32 Å². The van der Waals surface area contributed by atoms with Gasteiger partial charge in [-0.05, 0) is 61.9 Å². The van der Waals surface area contributed by atoms with Crippen LogP contribution in [0.5, 0.6) is 0 Å². The van der Waals surface area contributed by atoms with Crippen molar-refractivity contribution in [1.29, 1.82) is 0 Å². The largest absolute Gasteiger partial charge is 0.429 e. The molecule has 1 atom stereocenters. The third kappa shape index (κ3) is 3.50. The Balaban J connectivity index is 1.63. The predicted octanol–water partition coefficient (Wildman–Crippen LogP) is 5.77. The molecule has 4 heterocycles. The van der Waals surface area contributed by atoms with Crippen LogP contribution in [-0.4, -0.2) is 43.3 Å². The van der Waals surface area contributed by atoms with Crippen LogP contribution in [0.4, 0.5) is 17.6 Å². The van der Waals surface area contributed by atoms with E-state index in [0.29, 0.717) is 33.4 Å². The number of alkyl halides is 3. The summed E-state index contributed by atoms with van der Waals surface area (Å²) in [4.78, 5) is 1.36. The third-order valence-corrected chi connectivity index (χ3v) is 7.59. The Morgan fingerprint density at radius 2 is 1.82 bits per heavy atom. The quantitative estimate of drug-likeness (QED) is 0.336. The number of fused-ring (bicyclic) bond motifs is 2. The molecule has 10 heteroatoms. The lowest BCUT2D eigenvalue weighted by Crippen LogP contribution is -2.66. The molecule has 0 bridgehead atoms. The first-order valence-electron chi connectivity index (χ1n) is 12.4. The highest BCUT2D eigenvalue weighted by atomic mass is 19.4. The van der Waals surface area contributed by atoms with E-state index in [0.717, 1.165) is 22.9 Å². The van der Waals surface area contributed by atoms with Crippen molar-refractivity contribution in [3.63, 3.8) is 0 Å². The molecule has 0 fully saturated rings. The molecule has 4 aromatic rings. The normalized spacial score (nSPS) is 19.7. The van der Waals surface area contributed by atoms with E-state index >= 15 is 4.39 Å². The minimum atomic E-state index is -4.60. The van der Waals surface area contributed by atoms with Gasteiger partial charge in [0.2, 0.25) is 5.66 Å². The summed E-state index contributed by atoms with van der Waals surface area (Å²) in [7, 11) is 0. The number of benzene rings is 2. The molecule has 38 heavy (non-hydrogen) atoms. The Kier molecular flexibility index (Phi) is 5.50. The molecule has 0 radical (unpaired) electrons. The third-order valence-electron chi connectivity index (χ3n) is 7.59. The zero-order valence-electron chi connectivity index (χ0n) is 21.1. The van der Waals surface area contributed by atoms with E-state index in [1.807, 2.05) is 32.0 Å². The van der Waals surface area contributed by atoms with Crippen molar-refractivity contribution in [2.24, 2.45) is 0 Å². The molecule has 2 aliphatic rings. The van der Waals surface area contributed by atoms with Crippen LogP contribution in [0.1, 0.15) is 27.9 Å². The Bertz CT molecular complexity index is 1610. The lowest BCUT2D eigenvalue weighted by Gasteiger charge is -2.45. The number of nitrogens with zero attached hydrogens (tertiary/aromatic N) is 4. The van der Waals surface area contributed by atoms with Crippen LogP contribution in [0.3, 0.4) is 0 Å². The summed E-state index contributed by atoms with van der Waals surface area (Å²) in [6, 6.07) is 7.25. The average molecular weight is 523 g/mol. The van der Waals surface area contributed by atoms with Gasteiger partial charge in [0, 0.05) is 36.0 Å². The monoisotopic (exact) mass is 522 g/mol. The fraction of sp³-hybridized carbons (Fsp3) is 0.286. The lowest BCUT2D eigenvalue weighted by molar-refractivity contribution is -0.225. The number of rotatable bonds is 3. The summed E-state index contributed by atoms with van der Waals surface area (Å²) >= 11 is 0. The van der Waals surface area contributed by atoms with Crippen LogP contribution in [-0.2, 0) is 13.0 Å². The maximum absolute atomic E-state index is 15.9. The number of hydrogen-bond acceptors (Lipinski definition) is 4. The van der Waals surface area contributed by atoms with Crippen LogP contribution >= 0.6 is 0 Å². The van der Waals surface area contributed by atoms with Crippen LogP contribution < -0.4 is 5.32 Å². The number of H-pyrrole nitrogens is 1. The fourth-order valence-electron chi connectivity index (χ4n) is 5.74. The summed E-state index contributed by atoms with van der Waals surface area (Å²) < 4.78 is 61.3. The molecule has 2 aromatic heterocycles. The lowest BCUT2D eigenvalue weighted by atomic mass is 9.94. The van der Waals surface area contributed by atoms with Gasteiger partial charge in [-0.3, -0.25) is 10.00 Å². The highest BCUT2D eigenvalue weighted by Crippen LogP contribution is 2.43. The van der Waals surface area contributed by atoms with Crippen LogP contribution in [0.2, 0.25) is 0 Å². The first kappa shape index (κ1) is 24.4. The second kappa shape index (κ2) is 8.56. The molecule has 0 saturated carbocycles. The molecule has 196 valence electrons. The van der Waals surface area contributed by atoms with Gasteiger partial charge in [0.1, 0.15) is 5.82 Å². The van der Waals surface area contributed by atoms with Crippen molar-refractivity contribution in [2.75, 3.05) is 6.54 Å². The molecule has 0 aliphatic carbocycles. The zero-order valence-corrected chi connectivity index (χ0v) is 21.1. The number of nitrogens with one attached hydrogen (secondary N) is 2. The Morgan fingerprint density at radius 3 is 2.50 bits per heavy atom. The number of hydrogen-bond donors (Lipinski definition) is 2. The smallest absolute Gasteiger partial charge is 0.362 e. The summed E-state index contributed by atoms with van der Waals surface area (Å²) in [5.41, 5.74) is 3.54. The first-order chi connectivity index (χ1) is 18.1. The topological polar surface area (TPSA) is 61.8 Å². The maximum Gasteiger partial charge on any atom is 0.429 e. The van der Waals surface area contributed by atoms with E-state index in [9.17, 15) is 13.2 Å². The minimum absolute atomic E-state index is 0.0764. The van der Waals surface area contributed by atoms with E-state index in [2.05, 4.69) is 15.5 Å². The van der Waals surface area contributed by atoms with Crippen molar-refractivity contribution < 1.29 is 17.6 Å². The first-order valence-corrected chi connectivity index (χ1v) is 12.4. The SMILES string of the molecule is Cc1cccc(C)c1-n1nc2c(c1-c1c(F)cc(C)c3[nH]ncc13)CN(C1(C(F)(F)F)C=CC=CN1)CC2. The van der Waals surface area contributed by atoms with E-state index in [1.54, 1.807) is 17.8 Å². The van der Waals surface area contributed by atoms with E-state index in [-0.39, 0.29) is 25.1 Å². The number of aromatic amines is 1. The fourth-order valence-corrected chi connectivity index (χ4v) is 5.74. The summed E-state index contributed by atoms with van der Waals surface area (Å²) in [5.74, 6) is -0.479. The Labute approximate surface area is 216 Å². The van der Waals surface area contributed by atoms with Gasteiger partial charge in [0.15, 0.2) is 0 Å². The molecule has 0 saturated heterocycles. The predicted molar refractivity (Wildman–Crippen MR) is 137 cm³/mol. The molecule has 0 amide bonds. The van der Waals surface area contributed by atoms with Crippen molar-refractivity contribution in [3.05, 3.63) is 88.7 Å². The highest BCUT2D eigenvalue weighted by Gasteiger charge is 2.58. The van der Waals surface area contributed by atoms with Crippen molar-refractivity contribution in [1.82, 2.24) is 30.2 Å². The standard InChI is InChI=1S/C28H26F4N6/c1-16-7-6-8-17(2)25(16)38-26(23-19-14-34-35-24(19)18(3)13-21(23)29)20-15-37(12-9-22(20)36-38)27(28(30,31)32)10-4-5-11-33-27/h4-8,10-11,13-14,33H,9,12,15H2,1-3H3,(H,34,35). The number of para-hydroxylation sites is 1. The average Bonchev–Trinajstić information content (AvgIpc) is 3.50. The van der Waals surface area contributed by atoms with Gasteiger partial charge >= 0.3 is 6.18 Å². The van der Waals surface area contributed by atoms with Gasteiger partial charge in [-0.25, -0.2) is 9.07 Å². The van der Waals surface area contributed by atoms with E-state index in [1.165, 1.54) is 29.3 Å². The molecular formula is C28H26F4N6. The van der Waals surface area contributed by atoms with Gasteiger partial charge in [-0.15, -0.1) is 0 Å². The number of dihydropyridines is 1. The van der Waals surface area contributed by atoms with E-state index < -0.39 is 17.7 Å². The molecule has 0 spiro atoms. The van der Waals surface area contributed by atoms with Crippen molar-refractivity contribution in [2.45, 2.75) is 45.6 Å². The van der Waals surface area contributed by atoms with Gasteiger partial charge in [0.25, 0.3) is 0 Å². The summed E-state index contributed by atoms with van der Waals surface area (Å²) in [6.45, 7) is 5.72. The zero-order chi connectivity index (χ0) is 26.8. The maximum atomic E-state index is 15.9. The number of allylic oxidation sites excluding steroid dienone is 2. The highest BCUT2D eigenvalue weighted by molar-refractivity contribution is 5.96. The van der Waals surface area contributed by atoms with Gasteiger partial charge in [-0.1, -0.05) is 24.3 Å². The molecule has 2 aromatic carbocycles. The van der Waals surface area contributed by atoms with Gasteiger partial charge in [0.05, 0.1) is 28.8 Å². The molecule has 1 unspecified atom stereocenters. The second-order valence-electron chi connectivity index (χ2n) is 9.93. The Hall–Kier alpha value is -3.92. The summed E-state index contributed by atoms with van der Waals surface area (Å²) in [5, 5.41) is 15.1. The second-order valence-corrected chi connectivity index (χ2v) is 9.93. The number of halogens is 4. The van der Waals surface area contributed by atoms with Crippen molar-refractivity contribution in [3.8, 4) is 16.9 Å². The minimum Gasteiger partial charge on any atom is -0.362 e. The molecule has 6 nitrogen and oxygen atoms in total. The molecule has 6 rings (SSSR count). The van der Waals surface area contributed by atoms with Crippen LogP contribution in [0.25, 0.3) is 27.8 Å².